The minimum atomic E-state index is -0.613. The maximum atomic E-state index is 13.9. The number of nitrogens with zero attached hydrogens (tertiary/aromatic N) is 3. The summed E-state index contributed by atoms with van der Waals surface area (Å²) in [5.74, 6) is 1.60. The highest BCUT2D eigenvalue weighted by Gasteiger charge is 2.35. The van der Waals surface area contributed by atoms with Crippen LogP contribution in [0, 0.1) is 6.92 Å². The van der Waals surface area contributed by atoms with Gasteiger partial charge in [0.05, 0.1) is 30.5 Å². The molecule has 3 aromatic carbocycles. The van der Waals surface area contributed by atoms with Crippen molar-refractivity contribution in [3.63, 3.8) is 0 Å². The largest absolute Gasteiger partial charge is 0.495 e. The van der Waals surface area contributed by atoms with E-state index in [0.717, 1.165) is 11.1 Å². The normalized spacial score (nSPS) is 14.3. The second kappa shape index (κ2) is 11.1. The third-order valence-electron chi connectivity index (χ3n) is 6.49. The lowest BCUT2D eigenvalue weighted by Gasteiger charge is -2.30. The summed E-state index contributed by atoms with van der Waals surface area (Å²) in [7, 11) is 3.01. The number of aryl methyl sites for hydroxylation is 1. The monoisotopic (exact) mass is 545 g/mol. The molecular weight excluding hydrogens is 518 g/mol. The lowest BCUT2D eigenvalue weighted by atomic mass is 9.94. The van der Waals surface area contributed by atoms with Crippen molar-refractivity contribution in [3.05, 3.63) is 100.0 Å². The van der Waals surface area contributed by atoms with Crippen LogP contribution in [0.2, 0.25) is 5.02 Å². The lowest BCUT2D eigenvalue weighted by Crippen LogP contribution is -2.31. The molecule has 200 valence electrons. The molecule has 0 bridgehead atoms. The van der Waals surface area contributed by atoms with Crippen molar-refractivity contribution >= 4 is 29.1 Å². The van der Waals surface area contributed by atoms with Gasteiger partial charge in [-0.2, -0.15) is 10.1 Å². The molecule has 1 amide bonds. The van der Waals surface area contributed by atoms with Gasteiger partial charge in [0.15, 0.2) is 0 Å². The molecule has 1 aliphatic heterocycles. The van der Waals surface area contributed by atoms with Crippen LogP contribution in [-0.4, -0.2) is 34.9 Å². The van der Waals surface area contributed by atoms with Crippen LogP contribution in [0.4, 0.5) is 11.6 Å². The minimum absolute atomic E-state index is 0.359. The van der Waals surface area contributed by atoms with Crippen molar-refractivity contribution in [1.82, 2.24) is 14.8 Å². The van der Waals surface area contributed by atoms with Crippen LogP contribution in [0.3, 0.4) is 0 Å². The van der Waals surface area contributed by atoms with E-state index in [1.807, 2.05) is 62.4 Å². The first-order chi connectivity index (χ1) is 18.9. The molecule has 0 saturated heterocycles. The standard InChI is InChI=1S/C29H28ClN5O4/c1-17-9-11-19(12-10-17)15-39-23-8-6-5-7-20(23)27-26(18(2)33-29-31-16-32-35(27)29)28(36)34-22-14-24(37-3)21(30)13-25(22)38-4/h5-14,16,27H,15H2,1-4H3,(H,34,36)(H,31,32,33)/t27-/m1/s1. The summed E-state index contributed by atoms with van der Waals surface area (Å²) in [6.07, 6.45) is 1.45. The Kier molecular flexibility index (Phi) is 7.42. The zero-order valence-electron chi connectivity index (χ0n) is 22.0. The van der Waals surface area contributed by atoms with Gasteiger partial charge in [-0.1, -0.05) is 59.6 Å². The summed E-state index contributed by atoms with van der Waals surface area (Å²) >= 11 is 6.27. The fourth-order valence-electron chi connectivity index (χ4n) is 4.50. The fourth-order valence-corrected chi connectivity index (χ4v) is 4.73. The molecule has 0 unspecified atom stereocenters. The first kappa shape index (κ1) is 26.1. The summed E-state index contributed by atoms with van der Waals surface area (Å²) in [5.41, 5.74) is 4.47. The number of hydrogen-bond acceptors (Lipinski definition) is 7. The van der Waals surface area contributed by atoms with Gasteiger partial charge in [-0.25, -0.2) is 4.68 Å². The maximum Gasteiger partial charge on any atom is 0.255 e. The first-order valence-corrected chi connectivity index (χ1v) is 12.6. The van der Waals surface area contributed by atoms with Crippen molar-refractivity contribution in [3.8, 4) is 17.2 Å². The highest BCUT2D eigenvalue weighted by atomic mass is 35.5. The molecule has 0 fully saturated rings. The minimum Gasteiger partial charge on any atom is -0.495 e. The van der Waals surface area contributed by atoms with Crippen LogP contribution >= 0.6 is 11.6 Å². The lowest BCUT2D eigenvalue weighted by molar-refractivity contribution is -0.113. The van der Waals surface area contributed by atoms with Gasteiger partial charge in [0.1, 0.15) is 36.2 Å². The summed E-state index contributed by atoms with van der Waals surface area (Å²) in [6.45, 7) is 4.25. The Bertz CT molecular complexity index is 1550. The van der Waals surface area contributed by atoms with Crippen LogP contribution in [-0.2, 0) is 11.4 Å². The topological polar surface area (TPSA) is 99.5 Å². The molecule has 0 aliphatic carbocycles. The molecule has 5 rings (SSSR count). The van der Waals surface area contributed by atoms with E-state index in [0.29, 0.717) is 51.8 Å². The number of allylic oxidation sites excluding steroid dienone is 1. The van der Waals surface area contributed by atoms with E-state index in [1.165, 1.54) is 26.1 Å². The SMILES string of the molecule is COc1cc(NC(=O)C2=C(C)Nc3ncnn3[C@@H]2c2ccccc2OCc2ccc(C)cc2)c(OC)cc1Cl. The van der Waals surface area contributed by atoms with Crippen molar-refractivity contribution in [2.75, 3.05) is 24.9 Å². The zero-order chi connectivity index (χ0) is 27.5. The van der Waals surface area contributed by atoms with Crippen LogP contribution in [0.5, 0.6) is 17.2 Å². The molecule has 0 saturated carbocycles. The van der Waals surface area contributed by atoms with Crippen LogP contribution < -0.4 is 24.8 Å². The molecule has 39 heavy (non-hydrogen) atoms. The summed E-state index contributed by atoms with van der Waals surface area (Å²) in [4.78, 5) is 18.3. The van der Waals surface area contributed by atoms with Gasteiger partial charge < -0.3 is 24.8 Å². The predicted molar refractivity (Wildman–Crippen MR) is 150 cm³/mol. The first-order valence-electron chi connectivity index (χ1n) is 12.3. The van der Waals surface area contributed by atoms with E-state index in [9.17, 15) is 4.79 Å². The fraction of sp³-hybridized carbons (Fsp3) is 0.207. The Morgan fingerprint density at radius 3 is 2.51 bits per heavy atom. The summed E-state index contributed by atoms with van der Waals surface area (Å²) < 4.78 is 18.8. The number of amides is 1. The molecule has 10 heteroatoms. The Morgan fingerprint density at radius 2 is 1.77 bits per heavy atom. The van der Waals surface area contributed by atoms with Gasteiger partial charge in [-0.15, -0.1) is 0 Å². The number of anilines is 2. The van der Waals surface area contributed by atoms with Crippen LogP contribution in [0.15, 0.2) is 78.3 Å². The summed E-state index contributed by atoms with van der Waals surface area (Å²) in [6, 6.07) is 18.4. The van der Waals surface area contributed by atoms with Gasteiger partial charge in [-0.3, -0.25) is 4.79 Å². The number of rotatable bonds is 8. The number of para-hydroxylation sites is 1. The Balaban J connectivity index is 1.52. The second-order valence-electron chi connectivity index (χ2n) is 9.05. The average molecular weight is 546 g/mol. The Morgan fingerprint density at radius 1 is 1.03 bits per heavy atom. The van der Waals surface area contributed by atoms with Crippen LogP contribution in [0.25, 0.3) is 0 Å². The van der Waals surface area contributed by atoms with E-state index in [2.05, 4.69) is 20.7 Å². The smallest absolute Gasteiger partial charge is 0.255 e. The van der Waals surface area contributed by atoms with Gasteiger partial charge in [0.25, 0.3) is 5.91 Å². The number of benzene rings is 3. The number of ether oxygens (including phenoxy) is 3. The predicted octanol–water partition coefficient (Wildman–Crippen LogP) is 5.76. The highest BCUT2D eigenvalue weighted by molar-refractivity contribution is 6.32. The number of aromatic nitrogens is 3. The molecule has 2 N–H and O–H groups in total. The third-order valence-corrected chi connectivity index (χ3v) is 6.79. The van der Waals surface area contributed by atoms with Crippen molar-refractivity contribution in [2.24, 2.45) is 0 Å². The molecule has 9 nitrogen and oxygen atoms in total. The van der Waals surface area contributed by atoms with Gasteiger partial charge in [0, 0.05) is 23.4 Å². The van der Waals surface area contributed by atoms with Gasteiger partial charge in [-0.05, 0) is 25.5 Å². The molecule has 1 aliphatic rings. The highest BCUT2D eigenvalue weighted by Crippen LogP contribution is 2.41. The average Bonchev–Trinajstić information content (AvgIpc) is 3.41. The molecule has 4 aromatic rings. The number of carbonyl (C=O) groups is 1. The van der Waals surface area contributed by atoms with E-state index < -0.39 is 6.04 Å². The molecule has 1 atom stereocenters. The van der Waals surface area contributed by atoms with E-state index in [-0.39, 0.29) is 5.91 Å². The second-order valence-corrected chi connectivity index (χ2v) is 9.45. The number of halogens is 1. The number of nitrogens with one attached hydrogen (secondary N) is 2. The van der Waals surface area contributed by atoms with Crippen molar-refractivity contribution in [2.45, 2.75) is 26.5 Å². The Labute approximate surface area is 231 Å². The quantitative estimate of drug-likeness (QED) is 0.290. The molecule has 1 aromatic heterocycles. The molecule has 0 radical (unpaired) electrons. The number of methoxy groups -OCH3 is 2. The van der Waals surface area contributed by atoms with Crippen molar-refractivity contribution < 1.29 is 19.0 Å². The third kappa shape index (κ3) is 5.26. The van der Waals surface area contributed by atoms with Crippen LogP contribution in [0.1, 0.15) is 29.7 Å². The van der Waals surface area contributed by atoms with Crippen molar-refractivity contribution in [1.29, 1.82) is 0 Å². The van der Waals surface area contributed by atoms with Gasteiger partial charge in [0.2, 0.25) is 5.95 Å². The zero-order valence-corrected chi connectivity index (χ0v) is 22.7. The maximum absolute atomic E-state index is 13.9. The number of hydrogen-bond donors (Lipinski definition) is 2. The molecule has 2 heterocycles. The Hall–Kier alpha value is -4.50. The molecule has 0 spiro atoms. The number of carbonyl (C=O) groups excluding carboxylic acids is 1. The van der Waals surface area contributed by atoms with E-state index >= 15 is 0 Å². The van der Waals surface area contributed by atoms with E-state index in [1.54, 1.807) is 16.8 Å². The molecular formula is C29H28ClN5O4. The number of fused-ring (bicyclic) bond motifs is 1. The van der Waals surface area contributed by atoms with E-state index in [4.69, 9.17) is 25.8 Å². The van der Waals surface area contributed by atoms with Gasteiger partial charge >= 0.3 is 0 Å². The summed E-state index contributed by atoms with van der Waals surface area (Å²) in [5, 5.41) is 11.0.